The van der Waals surface area contributed by atoms with Gasteiger partial charge in [0.15, 0.2) is 0 Å². The van der Waals surface area contributed by atoms with E-state index in [1.807, 2.05) is 43.5 Å². The Morgan fingerprint density at radius 1 is 1.46 bits per heavy atom. The highest BCUT2D eigenvalue weighted by atomic mass is 32.1. The third-order valence-electron chi connectivity index (χ3n) is 3.76. The number of rotatable bonds is 5. The number of aryl methyl sites for hydroxylation is 1. The monoisotopic (exact) mass is 347 g/mol. The van der Waals surface area contributed by atoms with Crippen molar-refractivity contribution >= 4 is 23.1 Å². The lowest BCUT2D eigenvalue weighted by Gasteiger charge is -2.19. The Kier molecular flexibility index (Phi) is 5.44. The summed E-state index contributed by atoms with van der Waals surface area (Å²) in [5, 5.41) is 8.80. The molecule has 2 atom stereocenters. The zero-order valence-corrected chi connectivity index (χ0v) is 14.6. The molecule has 7 heteroatoms. The zero-order valence-electron chi connectivity index (χ0n) is 13.7. The van der Waals surface area contributed by atoms with Crippen molar-refractivity contribution in [3.63, 3.8) is 0 Å². The van der Waals surface area contributed by atoms with E-state index < -0.39 is 0 Å². The summed E-state index contributed by atoms with van der Waals surface area (Å²) in [6.45, 7) is 5.49. The molecule has 0 unspecified atom stereocenters. The molecule has 2 amide bonds. The molecule has 0 bridgehead atoms. The molecule has 1 aliphatic heterocycles. The van der Waals surface area contributed by atoms with Crippen LogP contribution in [0.4, 0.5) is 10.5 Å². The Balaban J connectivity index is 1.62. The summed E-state index contributed by atoms with van der Waals surface area (Å²) in [4.78, 5) is 16.7. The number of benzene rings is 1. The molecule has 2 heterocycles. The maximum Gasteiger partial charge on any atom is 0.319 e. The number of ether oxygens (including phenoxy) is 2. The van der Waals surface area contributed by atoms with Gasteiger partial charge in [-0.05, 0) is 26.0 Å². The standard InChI is InChI=1S/C17H21N3O3S/c1-3-23-16-9-22-8-14(16)20-17(21)19-13-6-4-5-12(7-13)15-10-24-11(2)18-15/h4-7,10,14,16H,3,8-9H2,1-2H3,(H2,19,20,21)/t14-,16-/m1/s1. The van der Waals surface area contributed by atoms with Crippen LogP contribution in [0.25, 0.3) is 11.3 Å². The van der Waals surface area contributed by atoms with Crippen LogP contribution in [0.15, 0.2) is 29.6 Å². The Morgan fingerprint density at radius 3 is 3.08 bits per heavy atom. The fraction of sp³-hybridized carbons (Fsp3) is 0.412. The maximum atomic E-state index is 12.2. The average molecular weight is 347 g/mol. The van der Waals surface area contributed by atoms with Gasteiger partial charge in [0.05, 0.1) is 30.0 Å². The van der Waals surface area contributed by atoms with Crippen molar-refractivity contribution < 1.29 is 14.3 Å². The summed E-state index contributed by atoms with van der Waals surface area (Å²) < 4.78 is 10.9. The third kappa shape index (κ3) is 4.11. The highest BCUT2D eigenvalue weighted by Crippen LogP contribution is 2.24. The molecule has 0 radical (unpaired) electrons. The lowest BCUT2D eigenvalue weighted by Crippen LogP contribution is -2.45. The first-order valence-corrected chi connectivity index (χ1v) is 8.83. The number of thiazole rings is 1. The minimum absolute atomic E-state index is 0.0925. The third-order valence-corrected chi connectivity index (χ3v) is 4.53. The molecule has 0 spiro atoms. The molecule has 2 aromatic rings. The van der Waals surface area contributed by atoms with E-state index in [2.05, 4.69) is 15.6 Å². The fourth-order valence-electron chi connectivity index (χ4n) is 2.64. The van der Waals surface area contributed by atoms with Gasteiger partial charge in [-0.3, -0.25) is 0 Å². The number of hydrogen-bond acceptors (Lipinski definition) is 5. The summed E-state index contributed by atoms with van der Waals surface area (Å²) in [5.41, 5.74) is 2.62. The van der Waals surface area contributed by atoms with Gasteiger partial charge < -0.3 is 20.1 Å². The number of carbonyl (C=O) groups is 1. The number of amides is 2. The van der Waals surface area contributed by atoms with Crippen LogP contribution in [0.3, 0.4) is 0 Å². The Hall–Kier alpha value is -1.96. The van der Waals surface area contributed by atoms with E-state index in [9.17, 15) is 4.79 Å². The number of urea groups is 1. The molecule has 1 aliphatic rings. The summed E-state index contributed by atoms with van der Waals surface area (Å²) in [7, 11) is 0. The predicted molar refractivity (Wildman–Crippen MR) is 94.5 cm³/mol. The van der Waals surface area contributed by atoms with Crippen LogP contribution in [0, 0.1) is 6.92 Å². The minimum atomic E-state index is -0.262. The molecule has 24 heavy (non-hydrogen) atoms. The van der Waals surface area contributed by atoms with E-state index in [1.54, 1.807) is 11.3 Å². The lowest BCUT2D eigenvalue weighted by atomic mass is 10.1. The molecule has 1 aromatic heterocycles. The van der Waals surface area contributed by atoms with Gasteiger partial charge in [-0.2, -0.15) is 0 Å². The molecule has 1 saturated heterocycles. The van der Waals surface area contributed by atoms with Crippen LogP contribution >= 0.6 is 11.3 Å². The number of carbonyl (C=O) groups excluding carboxylic acids is 1. The van der Waals surface area contributed by atoms with Crippen LogP contribution in [0.5, 0.6) is 0 Å². The second kappa shape index (κ2) is 7.74. The van der Waals surface area contributed by atoms with Gasteiger partial charge in [-0.25, -0.2) is 9.78 Å². The molecular formula is C17H21N3O3S. The van der Waals surface area contributed by atoms with Crippen LogP contribution in [-0.2, 0) is 9.47 Å². The lowest BCUT2D eigenvalue weighted by molar-refractivity contribution is 0.0428. The van der Waals surface area contributed by atoms with Gasteiger partial charge in [0.2, 0.25) is 0 Å². The Morgan fingerprint density at radius 2 is 2.33 bits per heavy atom. The van der Waals surface area contributed by atoms with E-state index >= 15 is 0 Å². The summed E-state index contributed by atoms with van der Waals surface area (Å²) in [6, 6.07) is 7.26. The molecule has 2 N–H and O–H groups in total. The minimum Gasteiger partial charge on any atom is -0.376 e. The van der Waals surface area contributed by atoms with Gasteiger partial charge in [0.1, 0.15) is 6.10 Å². The fourth-order valence-corrected chi connectivity index (χ4v) is 3.26. The van der Waals surface area contributed by atoms with Crippen molar-refractivity contribution in [2.75, 3.05) is 25.1 Å². The highest BCUT2D eigenvalue weighted by molar-refractivity contribution is 7.09. The second-order valence-electron chi connectivity index (χ2n) is 5.57. The molecule has 3 rings (SSSR count). The van der Waals surface area contributed by atoms with Crippen molar-refractivity contribution in [1.82, 2.24) is 10.3 Å². The van der Waals surface area contributed by atoms with Gasteiger partial charge in [-0.15, -0.1) is 11.3 Å². The van der Waals surface area contributed by atoms with Crippen LogP contribution in [-0.4, -0.2) is 43.0 Å². The maximum absolute atomic E-state index is 12.2. The van der Waals surface area contributed by atoms with E-state index in [1.165, 1.54) is 0 Å². The van der Waals surface area contributed by atoms with Gasteiger partial charge in [0, 0.05) is 23.2 Å². The number of anilines is 1. The van der Waals surface area contributed by atoms with Crippen molar-refractivity contribution in [2.45, 2.75) is 26.0 Å². The average Bonchev–Trinajstić information content (AvgIpc) is 3.17. The number of nitrogens with one attached hydrogen (secondary N) is 2. The Labute approximate surface area is 145 Å². The normalized spacial score (nSPS) is 20.1. The first-order chi connectivity index (χ1) is 11.7. The molecular weight excluding hydrogens is 326 g/mol. The van der Waals surface area contributed by atoms with Crippen molar-refractivity contribution in [2.24, 2.45) is 0 Å². The number of nitrogens with zero attached hydrogens (tertiary/aromatic N) is 1. The van der Waals surface area contributed by atoms with Crippen LogP contribution in [0.1, 0.15) is 11.9 Å². The quantitative estimate of drug-likeness (QED) is 0.872. The Bertz CT molecular complexity index is 704. The second-order valence-corrected chi connectivity index (χ2v) is 6.63. The smallest absolute Gasteiger partial charge is 0.319 e. The molecule has 128 valence electrons. The molecule has 0 aliphatic carbocycles. The summed E-state index contributed by atoms with van der Waals surface area (Å²) in [6.07, 6.45) is -0.0925. The van der Waals surface area contributed by atoms with E-state index in [0.29, 0.717) is 19.8 Å². The molecule has 1 aromatic carbocycles. The van der Waals surface area contributed by atoms with E-state index in [0.717, 1.165) is 22.0 Å². The molecule has 1 fully saturated rings. The van der Waals surface area contributed by atoms with Crippen LogP contribution in [0.2, 0.25) is 0 Å². The number of aromatic nitrogens is 1. The molecule has 0 saturated carbocycles. The van der Waals surface area contributed by atoms with Gasteiger partial charge >= 0.3 is 6.03 Å². The van der Waals surface area contributed by atoms with Gasteiger partial charge in [0.25, 0.3) is 0 Å². The van der Waals surface area contributed by atoms with E-state index in [4.69, 9.17) is 9.47 Å². The first-order valence-electron chi connectivity index (χ1n) is 7.95. The topological polar surface area (TPSA) is 72.5 Å². The zero-order chi connectivity index (χ0) is 16.9. The highest BCUT2D eigenvalue weighted by Gasteiger charge is 2.30. The predicted octanol–water partition coefficient (Wildman–Crippen LogP) is 3.04. The molecule has 6 nitrogen and oxygen atoms in total. The van der Waals surface area contributed by atoms with Crippen molar-refractivity contribution in [3.05, 3.63) is 34.7 Å². The number of hydrogen-bond donors (Lipinski definition) is 2. The van der Waals surface area contributed by atoms with Crippen molar-refractivity contribution in [3.8, 4) is 11.3 Å². The first kappa shape index (κ1) is 16.9. The summed E-state index contributed by atoms with van der Waals surface area (Å²) in [5.74, 6) is 0. The van der Waals surface area contributed by atoms with Crippen molar-refractivity contribution in [1.29, 1.82) is 0 Å². The van der Waals surface area contributed by atoms with Gasteiger partial charge in [-0.1, -0.05) is 12.1 Å². The van der Waals surface area contributed by atoms with E-state index in [-0.39, 0.29) is 18.2 Å². The summed E-state index contributed by atoms with van der Waals surface area (Å²) >= 11 is 1.61. The SMILES string of the molecule is CCO[C@@H]1COC[C@H]1NC(=O)Nc1cccc(-c2csc(C)n2)c1. The van der Waals surface area contributed by atoms with Crippen LogP contribution < -0.4 is 10.6 Å². The largest absolute Gasteiger partial charge is 0.376 e.